The number of allylic oxidation sites excluding steroid dienone is 2. The minimum Gasteiger partial charge on any atom is -0.147 e. The first-order valence-corrected chi connectivity index (χ1v) is 4.72. The first-order valence-electron chi connectivity index (χ1n) is 3.78. The molecule has 0 aromatic rings. The van der Waals surface area contributed by atoms with Gasteiger partial charge in [-0.15, -0.1) is 11.8 Å². The molecule has 1 heteroatoms. The summed E-state index contributed by atoms with van der Waals surface area (Å²) >= 11 is 2.00. The van der Waals surface area contributed by atoms with Crippen LogP contribution in [0.4, 0.5) is 0 Å². The molecule has 0 aromatic heterocycles. The maximum atomic E-state index is 2.28. The molecule has 0 amide bonds. The van der Waals surface area contributed by atoms with Gasteiger partial charge in [-0.1, -0.05) is 38.2 Å². The van der Waals surface area contributed by atoms with Crippen molar-refractivity contribution in [3.63, 3.8) is 0 Å². The van der Waals surface area contributed by atoms with Gasteiger partial charge in [-0.25, -0.2) is 0 Å². The van der Waals surface area contributed by atoms with E-state index in [0.29, 0.717) is 5.25 Å². The average molecular weight is 154 g/mol. The molecule has 1 rings (SSSR count). The maximum Gasteiger partial charge on any atom is 0.0410 e. The molecule has 0 heterocycles. The molecule has 1 aliphatic rings. The van der Waals surface area contributed by atoms with Crippen LogP contribution in [0.25, 0.3) is 0 Å². The summed E-state index contributed by atoms with van der Waals surface area (Å²) in [6.07, 6.45) is 10.2. The van der Waals surface area contributed by atoms with E-state index >= 15 is 0 Å². The Hall–Kier alpha value is -0.170. The van der Waals surface area contributed by atoms with Gasteiger partial charge >= 0.3 is 0 Å². The van der Waals surface area contributed by atoms with E-state index in [-0.39, 0.29) is 0 Å². The van der Waals surface area contributed by atoms with Crippen molar-refractivity contribution in [1.82, 2.24) is 0 Å². The Kier molecular flexibility index (Phi) is 3.07. The highest BCUT2D eigenvalue weighted by Crippen LogP contribution is 2.21. The van der Waals surface area contributed by atoms with E-state index in [9.17, 15) is 0 Å². The van der Waals surface area contributed by atoms with Crippen LogP contribution in [0.15, 0.2) is 24.3 Å². The van der Waals surface area contributed by atoms with Crippen molar-refractivity contribution in [3.8, 4) is 0 Å². The molecule has 0 radical (unpaired) electrons. The average Bonchev–Trinajstić information content (AvgIpc) is 1.88. The molecule has 0 N–H and O–H groups in total. The highest BCUT2D eigenvalue weighted by Gasteiger charge is 2.04. The molecule has 0 aliphatic heterocycles. The molecular weight excluding hydrogens is 140 g/mol. The molecule has 0 aromatic carbocycles. The molecule has 0 nitrogen and oxygen atoms in total. The Morgan fingerprint density at radius 1 is 1.30 bits per heavy atom. The lowest BCUT2D eigenvalue weighted by Crippen LogP contribution is -2.01. The van der Waals surface area contributed by atoms with Crippen molar-refractivity contribution >= 4 is 11.8 Å². The number of thioether (sulfide) groups is 1. The lowest BCUT2D eigenvalue weighted by molar-refractivity contribution is 1.10. The fourth-order valence-electron chi connectivity index (χ4n) is 0.973. The van der Waals surface area contributed by atoms with E-state index in [1.54, 1.807) is 0 Å². The molecule has 0 bridgehead atoms. The Balaban J connectivity index is 2.33. The molecule has 1 aliphatic carbocycles. The van der Waals surface area contributed by atoms with Crippen LogP contribution in [0.1, 0.15) is 20.3 Å². The van der Waals surface area contributed by atoms with Crippen LogP contribution in [0.2, 0.25) is 0 Å². The van der Waals surface area contributed by atoms with Crippen LogP contribution in [0.5, 0.6) is 0 Å². The van der Waals surface area contributed by atoms with Crippen LogP contribution in [0, 0.1) is 0 Å². The second-order valence-corrected chi connectivity index (χ2v) is 4.50. The summed E-state index contributed by atoms with van der Waals surface area (Å²) in [4.78, 5) is 0. The molecule has 56 valence electrons. The Bertz CT molecular complexity index is 133. The quantitative estimate of drug-likeness (QED) is 0.551. The monoisotopic (exact) mass is 154 g/mol. The van der Waals surface area contributed by atoms with Crippen molar-refractivity contribution < 1.29 is 0 Å². The van der Waals surface area contributed by atoms with Crippen LogP contribution < -0.4 is 0 Å². The SMILES string of the molecule is CC(C)SC1C=CCC=C1. The molecule has 0 saturated carbocycles. The van der Waals surface area contributed by atoms with E-state index < -0.39 is 0 Å². The van der Waals surface area contributed by atoms with Gasteiger partial charge in [-0.2, -0.15) is 0 Å². The van der Waals surface area contributed by atoms with E-state index in [1.807, 2.05) is 11.8 Å². The zero-order valence-electron chi connectivity index (χ0n) is 6.58. The Morgan fingerprint density at radius 3 is 2.40 bits per heavy atom. The van der Waals surface area contributed by atoms with Gasteiger partial charge in [0.1, 0.15) is 0 Å². The van der Waals surface area contributed by atoms with Crippen molar-refractivity contribution in [1.29, 1.82) is 0 Å². The van der Waals surface area contributed by atoms with E-state index in [4.69, 9.17) is 0 Å². The third-order valence-corrected chi connectivity index (χ3v) is 2.53. The summed E-state index contributed by atoms with van der Waals surface area (Å²) in [6, 6.07) is 0. The highest BCUT2D eigenvalue weighted by atomic mass is 32.2. The molecule has 0 spiro atoms. The van der Waals surface area contributed by atoms with Gasteiger partial charge in [0.25, 0.3) is 0 Å². The predicted molar refractivity (Wildman–Crippen MR) is 49.4 cm³/mol. The standard InChI is InChI=1S/C9H14S/c1-8(2)10-9-6-4-3-5-7-9/h4-9H,3H2,1-2H3. The van der Waals surface area contributed by atoms with Crippen molar-refractivity contribution in [2.75, 3.05) is 0 Å². The molecule has 0 fully saturated rings. The zero-order chi connectivity index (χ0) is 7.40. The van der Waals surface area contributed by atoms with Gasteiger partial charge in [0, 0.05) is 5.25 Å². The van der Waals surface area contributed by atoms with Gasteiger partial charge in [0.2, 0.25) is 0 Å². The minimum absolute atomic E-state index is 0.633. The fourth-order valence-corrected chi connectivity index (χ4v) is 2.01. The van der Waals surface area contributed by atoms with Gasteiger partial charge in [-0.3, -0.25) is 0 Å². The number of hydrogen-bond donors (Lipinski definition) is 0. The highest BCUT2D eigenvalue weighted by molar-refractivity contribution is 8.00. The number of hydrogen-bond acceptors (Lipinski definition) is 1. The zero-order valence-corrected chi connectivity index (χ0v) is 7.40. The smallest absolute Gasteiger partial charge is 0.0410 e. The third kappa shape index (κ3) is 2.61. The van der Waals surface area contributed by atoms with Gasteiger partial charge in [0.05, 0.1) is 0 Å². The first kappa shape index (κ1) is 7.93. The van der Waals surface area contributed by atoms with Crippen molar-refractivity contribution in [3.05, 3.63) is 24.3 Å². The van der Waals surface area contributed by atoms with Crippen LogP contribution in [0.3, 0.4) is 0 Å². The Morgan fingerprint density at radius 2 is 1.90 bits per heavy atom. The fraction of sp³-hybridized carbons (Fsp3) is 0.556. The summed E-state index contributed by atoms with van der Waals surface area (Å²) in [6.45, 7) is 4.47. The third-order valence-electron chi connectivity index (χ3n) is 1.35. The maximum absolute atomic E-state index is 2.28. The molecule has 0 unspecified atom stereocenters. The predicted octanol–water partition coefficient (Wildman–Crippen LogP) is 3.01. The van der Waals surface area contributed by atoms with Gasteiger partial charge < -0.3 is 0 Å². The van der Waals surface area contributed by atoms with E-state index in [2.05, 4.69) is 38.2 Å². The Labute approximate surface area is 67.4 Å². The van der Waals surface area contributed by atoms with E-state index in [1.165, 1.54) is 0 Å². The largest absolute Gasteiger partial charge is 0.147 e. The first-order chi connectivity index (χ1) is 4.79. The second-order valence-electron chi connectivity index (χ2n) is 2.74. The van der Waals surface area contributed by atoms with E-state index in [0.717, 1.165) is 11.7 Å². The topological polar surface area (TPSA) is 0 Å². The lowest BCUT2D eigenvalue weighted by atomic mass is 10.2. The molecule has 10 heavy (non-hydrogen) atoms. The molecule has 0 atom stereocenters. The van der Waals surface area contributed by atoms with Crippen LogP contribution >= 0.6 is 11.8 Å². The van der Waals surface area contributed by atoms with Crippen LogP contribution in [-0.4, -0.2) is 10.5 Å². The molecule has 0 saturated heterocycles. The lowest BCUT2D eigenvalue weighted by Gasteiger charge is -2.12. The van der Waals surface area contributed by atoms with Crippen molar-refractivity contribution in [2.24, 2.45) is 0 Å². The number of rotatable bonds is 2. The summed E-state index contributed by atoms with van der Waals surface area (Å²) < 4.78 is 0. The normalized spacial score (nSPS) is 18.7. The summed E-state index contributed by atoms with van der Waals surface area (Å²) in [5.74, 6) is 0. The summed E-state index contributed by atoms with van der Waals surface area (Å²) in [5, 5.41) is 1.37. The van der Waals surface area contributed by atoms with Crippen molar-refractivity contribution in [2.45, 2.75) is 30.8 Å². The minimum atomic E-state index is 0.633. The van der Waals surface area contributed by atoms with Crippen LogP contribution in [-0.2, 0) is 0 Å². The summed E-state index contributed by atoms with van der Waals surface area (Å²) in [5.41, 5.74) is 0. The van der Waals surface area contributed by atoms with Gasteiger partial charge in [0.15, 0.2) is 0 Å². The molecular formula is C9H14S. The summed E-state index contributed by atoms with van der Waals surface area (Å²) in [7, 11) is 0. The second kappa shape index (κ2) is 3.87. The van der Waals surface area contributed by atoms with Gasteiger partial charge in [-0.05, 0) is 11.7 Å².